The molecule has 25 heavy (non-hydrogen) atoms. The molecule has 6 nitrogen and oxygen atoms in total. The van der Waals surface area contributed by atoms with Gasteiger partial charge in [-0.05, 0) is 48.4 Å². The molecule has 0 bridgehead atoms. The summed E-state index contributed by atoms with van der Waals surface area (Å²) >= 11 is 5.73. The largest absolute Gasteiger partial charge is 0.497 e. The predicted molar refractivity (Wildman–Crippen MR) is 96.3 cm³/mol. The van der Waals surface area contributed by atoms with Crippen LogP contribution in [0.15, 0.2) is 53.4 Å². The van der Waals surface area contributed by atoms with E-state index in [1.807, 2.05) is 24.3 Å². The minimum absolute atomic E-state index is 0.0583. The number of rotatable bonds is 8. The molecule has 0 aliphatic rings. The summed E-state index contributed by atoms with van der Waals surface area (Å²) in [7, 11) is -2.14. The number of benzene rings is 2. The van der Waals surface area contributed by atoms with Crippen LogP contribution in [0.25, 0.3) is 0 Å². The standard InChI is InChI=1S/C17H19ClN2O4S/c1-24-15-6-2-13(3-7-15)10-11-19-17(21)12-20-25(22,23)16-8-4-14(18)5-9-16/h2-9,20H,10-12H2,1H3,(H,19,21). The molecule has 0 aliphatic heterocycles. The van der Waals surface area contributed by atoms with Gasteiger partial charge < -0.3 is 10.1 Å². The van der Waals surface area contributed by atoms with Crippen LogP contribution in [-0.4, -0.2) is 34.5 Å². The molecule has 0 aliphatic carbocycles. The predicted octanol–water partition coefficient (Wildman–Crippen LogP) is 1.99. The summed E-state index contributed by atoms with van der Waals surface area (Å²) < 4.78 is 31.5. The molecule has 0 unspecified atom stereocenters. The second-order valence-electron chi connectivity index (χ2n) is 5.23. The maximum atomic E-state index is 12.1. The lowest BCUT2D eigenvalue weighted by molar-refractivity contribution is -0.119. The second kappa shape index (κ2) is 8.84. The first kappa shape index (κ1) is 19.2. The fourth-order valence-electron chi connectivity index (χ4n) is 2.06. The third-order valence-electron chi connectivity index (χ3n) is 3.44. The highest BCUT2D eigenvalue weighted by Gasteiger charge is 2.15. The molecule has 2 rings (SSSR count). The van der Waals surface area contributed by atoms with Crippen LogP contribution in [0.4, 0.5) is 0 Å². The first-order valence-electron chi connectivity index (χ1n) is 7.55. The van der Waals surface area contributed by atoms with E-state index in [1.165, 1.54) is 24.3 Å². The summed E-state index contributed by atoms with van der Waals surface area (Å²) in [4.78, 5) is 11.8. The minimum atomic E-state index is -3.74. The van der Waals surface area contributed by atoms with Crippen molar-refractivity contribution < 1.29 is 17.9 Å². The van der Waals surface area contributed by atoms with Crippen LogP contribution in [0.3, 0.4) is 0 Å². The van der Waals surface area contributed by atoms with Crippen LogP contribution >= 0.6 is 11.6 Å². The molecule has 1 amide bonds. The number of sulfonamides is 1. The lowest BCUT2D eigenvalue weighted by atomic mass is 10.1. The molecule has 0 radical (unpaired) electrons. The number of hydrogen-bond donors (Lipinski definition) is 2. The molecule has 0 heterocycles. The fraction of sp³-hybridized carbons (Fsp3) is 0.235. The zero-order valence-corrected chi connectivity index (χ0v) is 15.2. The summed E-state index contributed by atoms with van der Waals surface area (Å²) in [6, 6.07) is 13.2. The monoisotopic (exact) mass is 382 g/mol. The summed E-state index contributed by atoms with van der Waals surface area (Å²) in [5, 5.41) is 3.11. The number of methoxy groups -OCH3 is 1. The number of nitrogens with one attached hydrogen (secondary N) is 2. The number of carbonyl (C=O) groups is 1. The van der Waals surface area contributed by atoms with Gasteiger partial charge in [0.25, 0.3) is 0 Å². The van der Waals surface area contributed by atoms with Gasteiger partial charge in [-0.2, -0.15) is 0 Å². The molecule has 0 fully saturated rings. The van der Waals surface area contributed by atoms with Gasteiger partial charge in [-0.15, -0.1) is 0 Å². The third-order valence-corrected chi connectivity index (χ3v) is 5.11. The van der Waals surface area contributed by atoms with Gasteiger partial charge in [0, 0.05) is 11.6 Å². The Morgan fingerprint density at radius 1 is 1.08 bits per heavy atom. The van der Waals surface area contributed by atoms with E-state index >= 15 is 0 Å². The Kier molecular flexibility index (Phi) is 6.81. The molecular weight excluding hydrogens is 364 g/mol. The quantitative estimate of drug-likeness (QED) is 0.731. The lowest BCUT2D eigenvalue weighted by Crippen LogP contribution is -2.37. The van der Waals surface area contributed by atoms with Crippen LogP contribution in [0, 0.1) is 0 Å². The molecular formula is C17H19ClN2O4S. The van der Waals surface area contributed by atoms with Gasteiger partial charge in [0.05, 0.1) is 18.6 Å². The van der Waals surface area contributed by atoms with Crippen molar-refractivity contribution in [3.8, 4) is 5.75 Å². The van der Waals surface area contributed by atoms with Crippen LogP contribution in [0.2, 0.25) is 5.02 Å². The average molecular weight is 383 g/mol. The molecule has 0 spiro atoms. The van der Waals surface area contributed by atoms with Gasteiger partial charge in [-0.3, -0.25) is 4.79 Å². The Morgan fingerprint density at radius 2 is 1.72 bits per heavy atom. The van der Waals surface area contributed by atoms with Crippen LogP contribution in [-0.2, 0) is 21.2 Å². The third kappa shape index (κ3) is 6.04. The van der Waals surface area contributed by atoms with Crippen LogP contribution in [0.5, 0.6) is 5.75 Å². The zero-order valence-electron chi connectivity index (χ0n) is 13.7. The summed E-state index contributed by atoms with van der Waals surface area (Å²) in [5.74, 6) is 0.371. The van der Waals surface area contributed by atoms with Crippen molar-refractivity contribution in [2.75, 3.05) is 20.2 Å². The van der Waals surface area contributed by atoms with Crippen LogP contribution < -0.4 is 14.8 Å². The van der Waals surface area contributed by atoms with Crippen molar-refractivity contribution in [2.45, 2.75) is 11.3 Å². The van der Waals surface area contributed by atoms with Gasteiger partial charge in [-0.25, -0.2) is 13.1 Å². The summed E-state index contributed by atoms with van der Waals surface area (Å²) in [5.41, 5.74) is 1.04. The van der Waals surface area contributed by atoms with E-state index in [9.17, 15) is 13.2 Å². The van der Waals surface area contributed by atoms with Gasteiger partial charge >= 0.3 is 0 Å². The highest BCUT2D eigenvalue weighted by atomic mass is 35.5. The molecule has 2 aromatic rings. The molecule has 0 saturated carbocycles. The Bertz CT molecular complexity index is 806. The Morgan fingerprint density at radius 3 is 2.32 bits per heavy atom. The smallest absolute Gasteiger partial charge is 0.241 e. The van der Waals surface area contributed by atoms with E-state index in [0.717, 1.165) is 11.3 Å². The molecule has 2 aromatic carbocycles. The lowest BCUT2D eigenvalue weighted by Gasteiger charge is -2.08. The SMILES string of the molecule is COc1ccc(CCNC(=O)CNS(=O)(=O)c2ccc(Cl)cc2)cc1. The Hall–Kier alpha value is -2.09. The Labute approximate surface area is 152 Å². The van der Waals surface area contributed by atoms with E-state index in [4.69, 9.17) is 16.3 Å². The number of halogens is 1. The number of ether oxygens (including phenoxy) is 1. The van der Waals surface area contributed by atoms with E-state index in [-0.39, 0.29) is 11.4 Å². The second-order valence-corrected chi connectivity index (χ2v) is 7.43. The molecule has 134 valence electrons. The number of amides is 1. The average Bonchev–Trinajstić information content (AvgIpc) is 2.61. The highest BCUT2D eigenvalue weighted by molar-refractivity contribution is 7.89. The molecule has 0 atom stereocenters. The molecule has 8 heteroatoms. The number of carbonyl (C=O) groups excluding carboxylic acids is 1. The van der Waals surface area contributed by atoms with Crippen molar-refractivity contribution in [1.82, 2.24) is 10.0 Å². The van der Waals surface area contributed by atoms with Crippen molar-refractivity contribution in [3.63, 3.8) is 0 Å². The molecule has 0 aromatic heterocycles. The minimum Gasteiger partial charge on any atom is -0.497 e. The maximum absolute atomic E-state index is 12.1. The van der Waals surface area contributed by atoms with Gasteiger partial charge in [-0.1, -0.05) is 23.7 Å². The van der Waals surface area contributed by atoms with E-state index in [0.29, 0.717) is 18.0 Å². The normalized spacial score (nSPS) is 11.1. The van der Waals surface area contributed by atoms with E-state index in [1.54, 1.807) is 7.11 Å². The van der Waals surface area contributed by atoms with Gasteiger partial charge in [0.1, 0.15) is 5.75 Å². The fourth-order valence-corrected chi connectivity index (χ4v) is 3.17. The van der Waals surface area contributed by atoms with Crippen molar-refractivity contribution in [2.24, 2.45) is 0 Å². The van der Waals surface area contributed by atoms with Gasteiger partial charge in [0.15, 0.2) is 0 Å². The highest BCUT2D eigenvalue weighted by Crippen LogP contribution is 2.13. The summed E-state index contributed by atoms with van der Waals surface area (Å²) in [6.07, 6.45) is 0.639. The molecule has 0 saturated heterocycles. The van der Waals surface area contributed by atoms with Crippen molar-refractivity contribution in [3.05, 3.63) is 59.1 Å². The summed E-state index contributed by atoms with van der Waals surface area (Å²) in [6.45, 7) is 0.0847. The van der Waals surface area contributed by atoms with Crippen molar-refractivity contribution in [1.29, 1.82) is 0 Å². The maximum Gasteiger partial charge on any atom is 0.241 e. The number of hydrogen-bond acceptors (Lipinski definition) is 4. The van der Waals surface area contributed by atoms with Crippen LogP contribution in [0.1, 0.15) is 5.56 Å². The first-order chi connectivity index (χ1) is 11.9. The zero-order chi connectivity index (χ0) is 18.3. The van der Waals surface area contributed by atoms with E-state index < -0.39 is 15.9 Å². The van der Waals surface area contributed by atoms with Gasteiger partial charge in [0.2, 0.25) is 15.9 Å². The first-order valence-corrected chi connectivity index (χ1v) is 9.42. The van der Waals surface area contributed by atoms with Crippen molar-refractivity contribution >= 4 is 27.5 Å². The topological polar surface area (TPSA) is 84.5 Å². The Balaban J connectivity index is 1.77. The van der Waals surface area contributed by atoms with E-state index in [2.05, 4.69) is 10.0 Å². The molecule has 2 N–H and O–H groups in total.